The van der Waals surface area contributed by atoms with E-state index in [-0.39, 0.29) is 42.3 Å². The van der Waals surface area contributed by atoms with E-state index in [1.165, 1.54) is 32.5 Å². The van der Waals surface area contributed by atoms with Crippen molar-refractivity contribution in [2.75, 3.05) is 19.5 Å². The Kier molecular flexibility index (Phi) is 6.94. The van der Waals surface area contributed by atoms with Gasteiger partial charge in [-0.1, -0.05) is 17.3 Å². The zero-order valence-corrected chi connectivity index (χ0v) is 21.7. The molecule has 0 aliphatic heterocycles. The van der Waals surface area contributed by atoms with Gasteiger partial charge in [-0.25, -0.2) is 9.37 Å². The minimum absolute atomic E-state index is 0.0686. The summed E-state index contributed by atoms with van der Waals surface area (Å²) < 4.78 is 72.0. The molecule has 210 valence electrons. The SMILES string of the molecule is COc1nn(C)cc1Cc1ncc(-c2ccc(CC(=O)Nc3cc(C4(C(F)(F)F)CC4)on3)c(F)c2)c(OC)n1. The number of carbonyl (C=O) groups is 1. The minimum atomic E-state index is -4.47. The quantitative estimate of drug-likeness (QED) is 0.300. The van der Waals surface area contributed by atoms with Crippen LogP contribution in [0.1, 0.15) is 35.6 Å². The number of nitrogens with one attached hydrogen (secondary N) is 1. The zero-order valence-electron chi connectivity index (χ0n) is 21.7. The summed E-state index contributed by atoms with van der Waals surface area (Å²) in [6.07, 6.45) is -1.41. The molecule has 3 heterocycles. The van der Waals surface area contributed by atoms with E-state index in [1.54, 1.807) is 24.0 Å². The number of aromatic nitrogens is 5. The average Bonchev–Trinajstić information content (AvgIpc) is 3.49. The molecule has 40 heavy (non-hydrogen) atoms. The second-order valence-corrected chi connectivity index (χ2v) is 9.41. The lowest BCUT2D eigenvalue weighted by Crippen LogP contribution is -2.28. The van der Waals surface area contributed by atoms with Crippen molar-refractivity contribution < 1.29 is 36.4 Å². The Hall–Kier alpha value is -4.49. The average molecular weight is 561 g/mol. The summed E-state index contributed by atoms with van der Waals surface area (Å²) in [5.74, 6) is -0.737. The van der Waals surface area contributed by atoms with Gasteiger partial charge < -0.3 is 19.3 Å². The third-order valence-corrected chi connectivity index (χ3v) is 6.66. The van der Waals surface area contributed by atoms with Gasteiger partial charge in [-0.15, -0.1) is 5.10 Å². The van der Waals surface area contributed by atoms with Crippen LogP contribution in [0.4, 0.5) is 23.4 Å². The maximum atomic E-state index is 15.0. The molecule has 3 aromatic heterocycles. The van der Waals surface area contributed by atoms with E-state index in [4.69, 9.17) is 14.0 Å². The minimum Gasteiger partial charge on any atom is -0.480 e. The second kappa shape index (κ2) is 10.2. The third-order valence-electron chi connectivity index (χ3n) is 6.66. The molecule has 5 rings (SSSR count). The van der Waals surface area contributed by atoms with Crippen molar-refractivity contribution >= 4 is 11.7 Å². The molecule has 4 aromatic rings. The van der Waals surface area contributed by atoms with E-state index in [1.807, 2.05) is 0 Å². The van der Waals surface area contributed by atoms with Gasteiger partial charge in [-0.05, 0) is 30.0 Å². The van der Waals surface area contributed by atoms with E-state index in [2.05, 4.69) is 25.5 Å². The van der Waals surface area contributed by atoms with Crippen molar-refractivity contribution in [3.05, 3.63) is 65.2 Å². The lowest BCUT2D eigenvalue weighted by atomic mass is 10.0. The number of amides is 1. The van der Waals surface area contributed by atoms with Crippen molar-refractivity contribution in [1.82, 2.24) is 24.9 Å². The molecule has 0 atom stereocenters. The van der Waals surface area contributed by atoms with Crippen LogP contribution in [-0.2, 0) is 30.1 Å². The first-order valence-electron chi connectivity index (χ1n) is 12.1. The summed E-state index contributed by atoms with van der Waals surface area (Å²) in [4.78, 5) is 21.3. The van der Waals surface area contributed by atoms with Crippen molar-refractivity contribution in [1.29, 1.82) is 0 Å². The van der Waals surface area contributed by atoms with E-state index < -0.39 is 23.3 Å². The van der Waals surface area contributed by atoms with E-state index in [0.29, 0.717) is 29.3 Å². The summed E-state index contributed by atoms with van der Waals surface area (Å²) in [6.45, 7) is 0. The van der Waals surface area contributed by atoms with Crippen molar-refractivity contribution in [2.24, 2.45) is 7.05 Å². The molecule has 0 radical (unpaired) electrons. The van der Waals surface area contributed by atoms with Gasteiger partial charge in [0.25, 0.3) is 0 Å². The fraction of sp³-hybridized carbons (Fsp3) is 0.346. The predicted molar refractivity (Wildman–Crippen MR) is 132 cm³/mol. The molecule has 1 fully saturated rings. The number of anilines is 1. The Morgan fingerprint density at radius 2 is 1.90 bits per heavy atom. The summed E-state index contributed by atoms with van der Waals surface area (Å²) in [5, 5.41) is 10.1. The highest BCUT2D eigenvalue weighted by molar-refractivity contribution is 5.91. The number of methoxy groups -OCH3 is 2. The maximum absolute atomic E-state index is 15.0. The van der Waals surface area contributed by atoms with Crippen LogP contribution in [0.2, 0.25) is 0 Å². The molecular formula is C26H24F4N6O4. The van der Waals surface area contributed by atoms with Gasteiger partial charge in [-0.3, -0.25) is 9.48 Å². The Labute approximate surface area is 225 Å². The summed E-state index contributed by atoms with van der Waals surface area (Å²) in [6, 6.07) is 5.29. The summed E-state index contributed by atoms with van der Waals surface area (Å²) in [5.41, 5.74) is -0.346. The van der Waals surface area contributed by atoms with Gasteiger partial charge in [0.15, 0.2) is 11.6 Å². The topological polar surface area (TPSA) is 117 Å². The Balaban J connectivity index is 1.27. The van der Waals surface area contributed by atoms with Crippen LogP contribution < -0.4 is 14.8 Å². The molecular weight excluding hydrogens is 536 g/mol. The number of carbonyl (C=O) groups excluding carboxylic acids is 1. The van der Waals surface area contributed by atoms with Crippen LogP contribution in [-0.4, -0.2) is 51.2 Å². The van der Waals surface area contributed by atoms with Crippen LogP contribution in [0, 0.1) is 5.82 Å². The highest BCUT2D eigenvalue weighted by Crippen LogP contribution is 2.59. The number of benzene rings is 1. The van der Waals surface area contributed by atoms with Crippen molar-refractivity contribution in [3.8, 4) is 22.9 Å². The molecule has 10 nitrogen and oxygen atoms in total. The number of aryl methyl sites for hydroxylation is 1. The summed E-state index contributed by atoms with van der Waals surface area (Å²) >= 11 is 0. The summed E-state index contributed by atoms with van der Waals surface area (Å²) in [7, 11) is 4.72. The molecule has 0 unspecified atom stereocenters. The van der Waals surface area contributed by atoms with E-state index >= 15 is 0 Å². The van der Waals surface area contributed by atoms with Crippen molar-refractivity contribution in [3.63, 3.8) is 0 Å². The largest absolute Gasteiger partial charge is 0.480 e. The number of nitrogens with zero attached hydrogens (tertiary/aromatic N) is 5. The molecule has 0 spiro atoms. The van der Waals surface area contributed by atoms with Crippen LogP contribution in [0.3, 0.4) is 0 Å². The molecule has 14 heteroatoms. The Morgan fingerprint density at radius 3 is 2.55 bits per heavy atom. The highest BCUT2D eigenvalue weighted by Gasteiger charge is 2.66. The molecule has 1 amide bonds. The molecule has 1 aliphatic carbocycles. The van der Waals surface area contributed by atoms with Gasteiger partial charge >= 0.3 is 6.18 Å². The fourth-order valence-corrected chi connectivity index (χ4v) is 4.39. The Morgan fingerprint density at radius 1 is 1.15 bits per heavy atom. The van der Waals surface area contributed by atoms with Gasteiger partial charge in [0.2, 0.25) is 17.7 Å². The lowest BCUT2D eigenvalue weighted by molar-refractivity contribution is -0.165. The molecule has 0 bridgehead atoms. The predicted octanol–water partition coefficient (Wildman–Crippen LogP) is 4.39. The van der Waals surface area contributed by atoms with Gasteiger partial charge in [-0.2, -0.15) is 18.2 Å². The van der Waals surface area contributed by atoms with Crippen LogP contribution in [0.25, 0.3) is 11.1 Å². The lowest BCUT2D eigenvalue weighted by Gasteiger charge is -2.14. The molecule has 1 aliphatic rings. The fourth-order valence-electron chi connectivity index (χ4n) is 4.39. The number of hydrogen-bond donors (Lipinski definition) is 1. The standard InChI is InChI=1S/C26H24F4N6O4/c1-36-13-16(23(34-36)38-2)9-20-31-12-17(24(33-20)39-3)14-4-5-15(18(27)8-14)10-22(37)32-21-11-19(40-35-21)25(6-7-25)26(28,29)30/h4-5,8,11-13H,6-7,9-10H2,1-3H3,(H,32,35,37). The molecule has 1 aromatic carbocycles. The first-order chi connectivity index (χ1) is 19.0. The molecule has 0 saturated heterocycles. The third kappa shape index (κ3) is 5.20. The van der Waals surface area contributed by atoms with Gasteiger partial charge in [0, 0.05) is 37.5 Å². The van der Waals surface area contributed by atoms with Gasteiger partial charge in [0.1, 0.15) is 17.1 Å². The number of ether oxygens (including phenoxy) is 2. The van der Waals surface area contributed by atoms with Crippen LogP contribution in [0.5, 0.6) is 11.8 Å². The Bertz CT molecular complexity index is 1560. The highest BCUT2D eigenvalue weighted by atomic mass is 19.4. The van der Waals surface area contributed by atoms with Crippen LogP contribution in [0.15, 0.2) is 41.2 Å². The first-order valence-corrected chi connectivity index (χ1v) is 12.1. The first kappa shape index (κ1) is 27.1. The number of halogens is 4. The molecule has 1 saturated carbocycles. The maximum Gasteiger partial charge on any atom is 0.401 e. The smallest absolute Gasteiger partial charge is 0.401 e. The second-order valence-electron chi connectivity index (χ2n) is 9.41. The number of hydrogen-bond acceptors (Lipinski definition) is 8. The van der Waals surface area contributed by atoms with Gasteiger partial charge in [0.05, 0.1) is 26.2 Å². The monoisotopic (exact) mass is 560 g/mol. The van der Waals surface area contributed by atoms with Crippen molar-refractivity contribution in [2.45, 2.75) is 37.3 Å². The van der Waals surface area contributed by atoms with E-state index in [9.17, 15) is 22.4 Å². The zero-order chi connectivity index (χ0) is 28.7. The number of alkyl halides is 3. The molecule has 1 N–H and O–H groups in total. The normalized spacial score (nSPS) is 14.2. The van der Waals surface area contributed by atoms with E-state index in [0.717, 1.165) is 11.6 Å². The number of rotatable bonds is 9. The van der Waals surface area contributed by atoms with Crippen LogP contribution >= 0.6 is 0 Å².